The van der Waals surface area contributed by atoms with E-state index in [0.29, 0.717) is 5.75 Å². The van der Waals surface area contributed by atoms with Crippen molar-refractivity contribution in [2.75, 3.05) is 10.7 Å². The molecular formula is C15H11Br2NOS. The summed E-state index contributed by atoms with van der Waals surface area (Å²) in [6.07, 6.45) is 0. The Hall–Kier alpha value is -0.780. The fourth-order valence-corrected chi connectivity index (χ4v) is 4.06. The van der Waals surface area contributed by atoms with Crippen LogP contribution in [-0.2, 0) is 4.79 Å². The van der Waals surface area contributed by atoms with Gasteiger partial charge in [0.2, 0.25) is 5.91 Å². The molecule has 0 saturated carbocycles. The van der Waals surface area contributed by atoms with Crippen molar-refractivity contribution in [2.45, 2.75) is 5.37 Å². The molecule has 0 N–H and O–H groups in total. The fraction of sp³-hybridized carbons (Fsp3) is 0.133. The van der Waals surface area contributed by atoms with Crippen LogP contribution in [-0.4, -0.2) is 11.7 Å². The van der Waals surface area contributed by atoms with Gasteiger partial charge in [-0.15, -0.1) is 11.8 Å². The van der Waals surface area contributed by atoms with Crippen LogP contribution in [0.3, 0.4) is 0 Å². The third-order valence-electron chi connectivity index (χ3n) is 3.11. The maximum absolute atomic E-state index is 12.2. The highest BCUT2D eigenvalue weighted by molar-refractivity contribution is 9.10. The molecule has 1 aliphatic rings. The Morgan fingerprint density at radius 3 is 2.50 bits per heavy atom. The van der Waals surface area contributed by atoms with Crippen molar-refractivity contribution in [3.63, 3.8) is 0 Å². The number of carbonyl (C=O) groups is 1. The Labute approximate surface area is 138 Å². The molecule has 1 saturated heterocycles. The van der Waals surface area contributed by atoms with E-state index >= 15 is 0 Å². The van der Waals surface area contributed by atoms with E-state index in [2.05, 4.69) is 44.0 Å². The van der Waals surface area contributed by atoms with Crippen LogP contribution in [0.15, 0.2) is 57.5 Å². The molecule has 0 unspecified atom stereocenters. The van der Waals surface area contributed by atoms with E-state index in [9.17, 15) is 4.79 Å². The molecule has 1 fully saturated rings. The van der Waals surface area contributed by atoms with Crippen LogP contribution in [0.2, 0.25) is 0 Å². The smallest absolute Gasteiger partial charge is 0.238 e. The van der Waals surface area contributed by atoms with Gasteiger partial charge in [0.1, 0.15) is 5.37 Å². The molecule has 0 spiro atoms. The topological polar surface area (TPSA) is 20.3 Å². The Morgan fingerprint density at radius 2 is 1.80 bits per heavy atom. The molecular weight excluding hydrogens is 402 g/mol. The molecule has 0 bridgehead atoms. The van der Waals surface area contributed by atoms with E-state index in [1.807, 2.05) is 41.3 Å². The lowest BCUT2D eigenvalue weighted by atomic mass is 10.2. The first kappa shape index (κ1) is 14.2. The number of hydrogen-bond acceptors (Lipinski definition) is 2. The summed E-state index contributed by atoms with van der Waals surface area (Å²) in [5.74, 6) is 0.676. The molecule has 20 heavy (non-hydrogen) atoms. The summed E-state index contributed by atoms with van der Waals surface area (Å²) in [6, 6.07) is 16.0. The van der Waals surface area contributed by atoms with Crippen molar-refractivity contribution in [1.82, 2.24) is 0 Å². The normalized spacial score (nSPS) is 18.6. The molecule has 3 rings (SSSR count). The summed E-state index contributed by atoms with van der Waals surface area (Å²) in [5, 5.41) is 0.0428. The Bertz CT molecular complexity index is 645. The molecule has 0 aromatic heterocycles. The minimum atomic E-state index is 0.0428. The molecule has 1 atom stereocenters. The van der Waals surface area contributed by atoms with Crippen LogP contribution in [0.5, 0.6) is 0 Å². The summed E-state index contributed by atoms with van der Waals surface area (Å²) in [5.41, 5.74) is 2.08. The van der Waals surface area contributed by atoms with E-state index in [4.69, 9.17) is 0 Å². The first-order chi connectivity index (χ1) is 9.65. The van der Waals surface area contributed by atoms with Gasteiger partial charge in [0, 0.05) is 14.6 Å². The third-order valence-corrected chi connectivity index (χ3v) is 5.34. The van der Waals surface area contributed by atoms with Gasteiger partial charge in [-0.1, -0.05) is 44.0 Å². The van der Waals surface area contributed by atoms with E-state index in [0.717, 1.165) is 20.2 Å². The van der Waals surface area contributed by atoms with Gasteiger partial charge >= 0.3 is 0 Å². The molecule has 1 amide bonds. The second-order valence-electron chi connectivity index (χ2n) is 4.46. The molecule has 1 aliphatic heterocycles. The Morgan fingerprint density at radius 1 is 1.05 bits per heavy atom. The molecule has 1 heterocycles. The van der Waals surface area contributed by atoms with Crippen molar-refractivity contribution in [2.24, 2.45) is 0 Å². The van der Waals surface area contributed by atoms with Crippen molar-refractivity contribution in [3.05, 3.63) is 63.0 Å². The van der Waals surface area contributed by atoms with Crippen LogP contribution in [0, 0.1) is 0 Å². The summed E-state index contributed by atoms with van der Waals surface area (Å²) >= 11 is 8.58. The van der Waals surface area contributed by atoms with Gasteiger partial charge in [0.25, 0.3) is 0 Å². The van der Waals surface area contributed by atoms with Crippen molar-refractivity contribution >= 4 is 55.2 Å². The highest BCUT2D eigenvalue weighted by Crippen LogP contribution is 2.42. The van der Waals surface area contributed by atoms with E-state index in [1.165, 1.54) is 0 Å². The summed E-state index contributed by atoms with van der Waals surface area (Å²) in [7, 11) is 0. The number of halogens is 2. The quantitative estimate of drug-likeness (QED) is 0.692. The predicted molar refractivity (Wildman–Crippen MR) is 91.0 cm³/mol. The Kier molecular flexibility index (Phi) is 4.19. The molecule has 2 aromatic carbocycles. The standard InChI is InChI=1S/C15H11Br2NOS/c16-11-4-6-13(7-5-11)18-14(19)9-20-15(18)10-2-1-3-12(17)8-10/h1-8,15H,9H2/t15-/m0/s1. The van der Waals surface area contributed by atoms with Crippen LogP contribution in [0.25, 0.3) is 0 Å². The zero-order valence-electron chi connectivity index (χ0n) is 10.4. The van der Waals surface area contributed by atoms with E-state index < -0.39 is 0 Å². The summed E-state index contributed by atoms with van der Waals surface area (Å²) in [6.45, 7) is 0. The number of benzene rings is 2. The molecule has 0 aliphatic carbocycles. The van der Waals surface area contributed by atoms with Gasteiger partial charge in [-0.25, -0.2) is 0 Å². The monoisotopic (exact) mass is 411 g/mol. The molecule has 5 heteroatoms. The van der Waals surface area contributed by atoms with Gasteiger partial charge in [0.05, 0.1) is 5.75 Å². The number of thioether (sulfide) groups is 1. The largest absolute Gasteiger partial charge is 0.295 e. The molecule has 0 radical (unpaired) electrons. The first-order valence-electron chi connectivity index (χ1n) is 6.10. The average Bonchev–Trinajstić information content (AvgIpc) is 2.82. The van der Waals surface area contributed by atoms with E-state index in [-0.39, 0.29) is 11.3 Å². The lowest BCUT2D eigenvalue weighted by molar-refractivity contribution is -0.115. The van der Waals surface area contributed by atoms with Crippen molar-refractivity contribution in [1.29, 1.82) is 0 Å². The average molecular weight is 413 g/mol. The maximum atomic E-state index is 12.2. The first-order valence-corrected chi connectivity index (χ1v) is 8.73. The van der Waals surface area contributed by atoms with Crippen molar-refractivity contribution in [3.8, 4) is 0 Å². The van der Waals surface area contributed by atoms with Crippen LogP contribution < -0.4 is 4.90 Å². The van der Waals surface area contributed by atoms with Crippen LogP contribution in [0.1, 0.15) is 10.9 Å². The number of carbonyl (C=O) groups excluding carboxylic acids is 1. The number of nitrogens with zero attached hydrogens (tertiary/aromatic N) is 1. The second kappa shape index (κ2) is 5.92. The molecule has 102 valence electrons. The molecule has 2 aromatic rings. The SMILES string of the molecule is O=C1CS[C@@H](c2cccc(Br)c2)N1c1ccc(Br)cc1. The van der Waals surface area contributed by atoms with Crippen molar-refractivity contribution < 1.29 is 4.79 Å². The van der Waals surface area contributed by atoms with Gasteiger partial charge in [-0.3, -0.25) is 9.69 Å². The fourth-order valence-electron chi connectivity index (χ4n) is 2.21. The molecule has 2 nitrogen and oxygen atoms in total. The van der Waals surface area contributed by atoms with E-state index in [1.54, 1.807) is 11.8 Å². The summed E-state index contributed by atoms with van der Waals surface area (Å²) in [4.78, 5) is 14.1. The minimum Gasteiger partial charge on any atom is -0.295 e. The lowest BCUT2D eigenvalue weighted by Gasteiger charge is -2.24. The number of amides is 1. The highest BCUT2D eigenvalue weighted by Gasteiger charge is 2.33. The van der Waals surface area contributed by atoms with Gasteiger partial charge in [0.15, 0.2) is 0 Å². The lowest BCUT2D eigenvalue weighted by Crippen LogP contribution is -2.27. The number of rotatable bonds is 2. The highest BCUT2D eigenvalue weighted by atomic mass is 79.9. The van der Waals surface area contributed by atoms with Gasteiger partial charge in [-0.05, 0) is 42.0 Å². The van der Waals surface area contributed by atoms with Gasteiger partial charge in [-0.2, -0.15) is 0 Å². The van der Waals surface area contributed by atoms with Crippen LogP contribution >= 0.6 is 43.6 Å². The zero-order chi connectivity index (χ0) is 14.1. The zero-order valence-corrected chi connectivity index (χ0v) is 14.4. The number of hydrogen-bond donors (Lipinski definition) is 0. The van der Waals surface area contributed by atoms with Gasteiger partial charge < -0.3 is 0 Å². The maximum Gasteiger partial charge on any atom is 0.238 e. The second-order valence-corrected chi connectivity index (χ2v) is 7.36. The summed E-state index contributed by atoms with van der Waals surface area (Å²) < 4.78 is 2.05. The Balaban J connectivity index is 1.98. The van der Waals surface area contributed by atoms with Crippen LogP contribution in [0.4, 0.5) is 5.69 Å². The third kappa shape index (κ3) is 2.80. The number of anilines is 1. The predicted octanol–water partition coefficient (Wildman–Crippen LogP) is 4.99. The minimum absolute atomic E-state index is 0.0428.